The molecule has 0 aliphatic heterocycles. The number of aryl methyl sites for hydroxylation is 1. The van der Waals surface area contributed by atoms with Gasteiger partial charge in [-0.25, -0.2) is 5.84 Å². The Kier molecular flexibility index (Phi) is 7.68. The number of anilines is 1. The maximum absolute atomic E-state index is 5.96. The molecule has 2 N–H and O–H groups in total. The van der Waals surface area contributed by atoms with E-state index in [2.05, 4.69) is 25.3 Å². The van der Waals surface area contributed by atoms with Gasteiger partial charge in [0, 0.05) is 12.8 Å². The van der Waals surface area contributed by atoms with Gasteiger partial charge in [-0.1, -0.05) is 36.0 Å². The molecule has 2 rings (SSSR count). The summed E-state index contributed by atoms with van der Waals surface area (Å²) in [4.78, 5) is 4.74. The molecule has 0 aromatic heterocycles. The Labute approximate surface area is 158 Å². The molecule has 0 saturated carbocycles. The quantitative estimate of drug-likeness (QED) is 0.349. The van der Waals surface area contributed by atoms with Crippen LogP contribution in [0, 0.1) is 6.92 Å². The van der Waals surface area contributed by atoms with Crippen molar-refractivity contribution in [2.45, 2.75) is 19.2 Å². The fourth-order valence-corrected chi connectivity index (χ4v) is 4.04. The zero-order valence-electron chi connectivity index (χ0n) is 15.2. The molecule has 0 heterocycles. The second-order valence-corrected chi connectivity index (χ2v) is 7.62. The van der Waals surface area contributed by atoms with Crippen molar-refractivity contribution in [1.29, 1.82) is 0 Å². The molecule has 0 aliphatic carbocycles. The van der Waals surface area contributed by atoms with Gasteiger partial charge in [0.05, 0.1) is 19.3 Å². The Bertz CT molecular complexity index is 715. The van der Waals surface area contributed by atoms with Crippen molar-refractivity contribution < 1.29 is 4.74 Å². The second kappa shape index (κ2) is 9.75. The molecule has 2 aromatic carbocycles. The van der Waals surface area contributed by atoms with E-state index in [9.17, 15) is 0 Å². The summed E-state index contributed by atoms with van der Waals surface area (Å²) in [7, 11) is 3.55. The number of nitrogens with zero attached hydrogens (tertiary/aromatic N) is 2. The van der Waals surface area contributed by atoms with E-state index in [-0.39, 0.29) is 0 Å². The van der Waals surface area contributed by atoms with Crippen LogP contribution in [0.3, 0.4) is 0 Å². The van der Waals surface area contributed by atoms with Crippen molar-refractivity contribution in [3.63, 3.8) is 0 Å². The third-order valence-corrected chi connectivity index (χ3v) is 5.97. The Morgan fingerprint density at radius 3 is 2.52 bits per heavy atom. The number of rotatable bonds is 6. The summed E-state index contributed by atoms with van der Waals surface area (Å²) in [5, 5.41) is 1.68. The first-order chi connectivity index (χ1) is 12.0. The first kappa shape index (κ1) is 19.7. The van der Waals surface area contributed by atoms with E-state index < -0.39 is 0 Å². The lowest BCUT2D eigenvalue weighted by Crippen LogP contribution is -2.26. The maximum atomic E-state index is 5.96. The number of benzene rings is 2. The van der Waals surface area contributed by atoms with Crippen molar-refractivity contribution in [2.24, 2.45) is 10.8 Å². The van der Waals surface area contributed by atoms with Crippen LogP contribution in [-0.4, -0.2) is 24.8 Å². The number of thioether (sulfide) groups is 2. The van der Waals surface area contributed by atoms with Gasteiger partial charge in [0.1, 0.15) is 10.1 Å². The molecule has 0 bridgehead atoms. The van der Waals surface area contributed by atoms with Gasteiger partial charge in [0.15, 0.2) is 0 Å². The van der Waals surface area contributed by atoms with Crippen LogP contribution in [0.5, 0.6) is 5.75 Å². The van der Waals surface area contributed by atoms with Crippen molar-refractivity contribution in [3.05, 3.63) is 59.2 Å². The largest absolute Gasteiger partial charge is 0.497 e. The summed E-state index contributed by atoms with van der Waals surface area (Å²) in [5.74, 6) is 7.68. The molecule has 0 unspecified atom stereocenters. The average molecular weight is 376 g/mol. The third kappa shape index (κ3) is 5.70. The molecule has 4 nitrogen and oxygen atoms in total. The van der Waals surface area contributed by atoms with Gasteiger partial charge in [0.25, 0.3) is 0 Å². The number of hydrazine groups is 1. The van der Waals surface area contributed by atoms with E-state index in [4.69, 9.17) is 15.6 Å². The summed E-state index contributed by atoms with van der Waals surface area (Å²) in [6.07, 6.45) is 2.06. The molecule has 25 heavy (non-hydrogen) atoms. The number of hydrogen-bond acceptors (Lipinski definition) is 6. The minimum atomic E-state index is 0.671. The smallest absolute Gasteiger partial charge is 0.124 e. The zero-order chi connectivity index (χ0) is 18.2. The van der Waals surface area contributed by atoms with Crippen LogP contribution in [0.4, 0.5) is 5.69 Å². The van der Waals surface area contributed by atoms with Crippen LogP contribution in [0.15, 0.2) is 47.5 Å². The zero-order valence-corrected chi connectivity index (χ0v) is 16.8. The molecule has 6 heteroatoms. The third-order valence-electron chi connectivity index (χ3n) is 3.83. The van der Waals surface area contributed by atoms with Crippen molar-refractivity contribution in [2.75, 3.05) is 25.4 Å². The molecule has 0 saturated heterocycles. The fourth-order valence-electron chi connectivity index (χ4n) is 2.39. The highest BCUT2D eigenvalue weighted by Gasteiger charge is 2.09. The van der Waals surface area contributed by atoms with Crippen LogP contribution in [0.25, 0.3) is 0 Å². The standard InChI is InChI=1S/C19H25N3OS2/c1-14-6-5-7-18(22(2)20)17(14)13-25-19(24-4)21-12-15-8-10-16(23-3)11-9-15/h5-11H,12-13,20H2,1-4H3. The Hall–Kier alpha value is -1.63. The lowest BCUT2D eigenvalue weighted by Gasteiger charge is -2.18. The molecule has 0 radical (unpaired) electrons. The van der Waals surface area contributed by atoms with Crippen molar-refractivity contribution in [3.8, 4) is 5.75 Å². The lowest BCUT2D eigenvalue weighted by molar-refractivity contribution is 0.414. The molecule has 134 valence electrons. The Balaban J connectivity index is 2.04. The van der Waals surface area contributed by atoms with Gasteiger partial charge >= 0.3 is 0 Å². The SMILES string of the molecule is COc1ccc(CN=C(SC)SCc2c(C)cccc2N(C)N)cc1. The molecular formula is C19H25N3OS2. The van der Waals surface area contributed by atoms with E-state index in [1.165, 1.54) is 16.7 Å². The predicted octanol–water partition coefficient (Wildman–Crippen LogP) is 4.47. The van der Waals surface area contributed by atoms with Crippen LogP contribution >= 0.6 is 23.5 Å². The minimum absolute atomic E-state index is 0.671. The number of nitrogens with two attached hydrogens (primary N) is 1. The first-order valence-electron chi connectivity index (χ1n) is 7.96. The van der Waals surface area contributed by atoms with Gasteiger partial charge in [0.2, 0.25) is 0 Å². The predicted molar refractivity (Wildman–Crippen MR) is 113 cm³/mol. The summed E-state index contributed by atoms with van der Waals surface area (Å²) in [5.41, 5.74) is 4.73. The van der Waals surface area contributed by atoms with Gasteiger partial charge in [-0.15, -0.1) is 11.8 Å². The summed E-state index contributed by atoms with van der Waals surface area (Å²) >= 11 is 3.43. The summed E-state index contributed by atoms with van der Waals surface area (Å²) < 4.78 is 6.26. The minimum Gasteiger partial charge on any atom is -0.497 e. The highest BCUT2D eigenvalue weighted by atomic mass is 32.2. The summed E-state index contributed by atoms with van der Waals surface area (Å²) in [6.45, 7) is 2.79. The highest BCUT2D eigenvalue weighted by Crippen LogP contribution is 2.28. The average Bonchev–Trinajstić information content (AvgIpc) is 2.63. The van der Waals surface area contributed by atoms with E-state index in [0.29, 0.717) is 6.54 Å². The Morgan fingerprint density at radius 2 is 1.92 bits per heavy atom. The monoisotopic (exact) mass is 375 g/mol. The molecule has 0 amide bonds. The van der Waals surface area contributed by atoms with E-state index in [0.717, 1.165) is 21.6 Å². The Morgan fingerprint density at radius 1 is 1.20 bits per heavy atom. The first-order valence-corrected chi connectivity index (χ1v) is 10.2. The fraction of sp³-hybridized carbons (Fsp3) is 0.316. The van der Waals surface area contributed by atoms with Gasteiger partial charge < -0.3 is 9.75 Å². The lowest BCUT2D eigenvalue weighted by atomic mass is 10.1. The normalized spacial score (nSPS) is 11.5. The topological polar surface area (TPSA) is 50.8 Å². The number of hydrogen-bond donors (Lipinski definition) is 1. The molecule has 0 spiro atoms. The molecule has 0 fully saturated rings. The number of aliphatic imine (C=N–C) groups is 1. The van der Waals surface area contributed by atoms with Gasteiger partial charge in [-0.05, 0) is 48.1 Å². The highest BCUT2D eigenvalue weighted by molar-refractivity contribution is 8.38. The molecular weight excluding hydrogens is 350 g/mol. The van der Waals surface area contributed by atoms with Gasteiger partial charge in [-0.2, -0.15) is 0 Å². The van der Waals surface area contributed by atoms with Crippen molar-refractivity contribution >= 4 is 33.6 Å². The number of ether oxygens (including phenoxy) is 1. The van der Waals surface area contributed by atoms with Crippen LogP contribution < -0.4 is 15.6 Å². The van der Waals surface area contributed by atoms with E-state index >= 15 is 0 Å². The molecule has 0 aliphatic rings. The van der Waals surface area contributed by atoms with Crippen LogP contribution in [0.1, 0.15) is 16.7 Å². The van der Waals surface area contributed by atoms with E-state index in [1.54, 1.807) is 35.6 Å². The van der Waals surface area contributed by atoms with Gasteiger partial charge in [-0.3, -0.25) is 4.99 Å². The number of methoxy groups -OCH3 is 1. The van der Waals surface area contributed by atoms with Crippen molar-refractivity contribution in [1.82, 2.24) is 0 Å². The maximum Gasteiger partial charge on any atom is 0.124 e. The molecule has 0 atom stereocenters. The van der Waals surface area contributed by atoms with E-state index in [1.807, 2.05) is 37.4 Å². The second-order valence-electron chi connectivity index (χ2n) is 5.61. The van der Waals surface area contributed by atoms with Crippen LogP contribution in [-0.2, 0) is 12.3 Å². The van der Waals surface area contributed by atoms with Crippen LogP contribution in [0.2, 0.25) is 0 Å². The molecule has 2 aromatic rings. The summed E-state index contributed by atoms with van der Waals surface area (Å²) in [6, 6.07) is 14.2.